The van der Waals surface area contributed by atoms with E-state index in [0.717, 1.165) is 87.6 Å². The van der Waals surface area contributed by atoms with Crippen LogP contribution in [0.4, 0.5) is 0 Å². The van der Waals surface area contributed by atoms with Crippen molar-refractivity contribution in [2.24, 2.45) is 0 Å². The summed E-state index contributed by atoms with van der Waals surface area (Å²) in [5.41, 5.74) is 8.32. The predicted molar refractivity (Wildman–Crippen MR) is 251 cm³/mol. The third kappa shape index (κ3) is 6.44. The van der Waals surface area contributed by atoms with Crippen LogP contribution in [0.2, 0.25) is 0 Å². The molecule has 5 nitrogen and oxygen atoms in total. The summed E-state index contributed by atoms with van der Waals surface area (Å²) in [6.45, 7) is 0. The van der Waals surface area contributed by atoms with Gasteiger partial charge in [0, 0.05) is 43.4 Å². The van der Waals surface area contributed by atoms with E-state index in [-0.39, 0.29) is 0 Å². The Labute approximate surface area is 353 Å². The molecule has 2 aromatic heterocycles. The van der Waals surface area contributed by atoms with Crippen LogP contribution in [0.25, 0.3) is 89.1 Å². The van der Waals surface area contributed by atoms with Gasteiger partial charge in [0.1, 0.15) is 11.2 Å². The molecule has 2 heterocycles. The Morgan fingerprint density at radius 2 is 0.803 bits per heavy atom. The molecule has 9 aromatic carbocycles. The summed E-state index contributed by atoms with van der Waals surface area (Å²) in [4.78, 5) is 15.1. The first-order valence-corrected chi connectivity index (χ1v) is 22.0. The van der Waals surface area contributed by atoms with Crippen LogP contribution in [0.1, 0.15) is 0 Å². The fraction of sp³-hybridized carbons (Fsp3) is 0. The van der Waals surface area contributed by atoms with Gasteiger partial charge in [-0.3, -0.25) is 0 Å². The smallest absolute Gasteiger partial charge is 0.171 e. The van der Waals surface area contributed by atoms with E-state index in [1.165, 1.54) is 0 Å². The van der Waals surface area contributed by atoms with Gasteiger partial charge in [-0.1, -0.05) is 188 Å². The number of rotatable bonds is 8. The van der Waals surface area contributed by atoms with Crippen molar-refractivity contribution >= 4 is 55.8 Å². The van der Waals surface area contributed by atoms with Gasteiger partial charge in [0.25, 0.3) is 0 Å². The van der Waals surface area contributed by atoms with E-state index >= 15 is 4.57 Å². The zero-order chi connectivity index (χ0) is 40.8. The van der Waals surface area contributed by atoms with Crippen molar-refractivity contribution in [1.29, 1.82) is 0 Å². The van der Waals surface area contributed by atoms with Crippen molar-refractivity contribution < 1.29 is 8.98 Å². The first kappa shape index (κ1) is 36.4. The normalized spacial score (nSPS) is 11.7. The summed E-state index contributed by atoms with van der Waals surface area (Å²) in [6.07, 6.45) is 0. The lowest BCUT2D eigenvalue weighted by atomic mass is 9.91. The van der Waals surface area contributed by atoms with Crippen molar-refractivity contribution in [2.75, 3.05) is 0 Å². The maximum Gasteiger partial charge on any atom is 0.171 e. The van der Waals surface area contributed by atoms with Crippen molar-refractivity contribution in [2.45, 2.75) is 0 Å². The summed E-state index contributed by atoms with van der Waals surface area (Å²) in [5, 5.41) is 6.46. The van der Waals surface area contributed by atoms with Gasteiger partial charge in [0.2, 0.25) is 0 Å². The molecule has 0 bridgehead atoms. The molecule has 11 aromatic rings. The minimum Gasteiger partial charge on any atom is -0.456 e. The minimum atomic E-state index is -3.24. The second-order valence-corrected chi connectivity index (χ2v) is 17.8. The molecule has 0 fully saturated rings. The lowest BCUT2D eigenvalue weighted by Gasteiger charge is -2.21. The molecule has 0 N–H and O–H groups in total. The number of para-hydroxylation sites is 1. The highest BCUT2D eigenvalue weighted by Gasteiger charge is 2.30. The highest BCUT2D eigenvalue weighted by Crippen LogP contribution is 2.46. The van der Waals surface area contributed by atoms with Crippen LogP contribution in [0.3, 0.4) is 0 Å². The van der Waals surface area contributed by atoms with Gasteiger partial charge in [-0.25, -0.2) is 15.0 Å². The fourth-order valence-corrected chi connectivity index (χ4v) is 11.2. The van der Waals surface area contributed by atoms with Crippen LogP contribution in [-0.4, -0.2) is 15.0 Å². The first-order chi connectivity index (χ1) is 30.1. The molecule has 288 valence electrons. The van der Waals surface area contributed by atoms with E-state index in [1.54, 1.807) is 0 Å². The number of aromatic nitrogens is 3. The highest BCUT2D eigenvalue weighted by atomic mass is 31.2. The van der Waals surface area contributed by atoms with Gasteiger partial charge < -0.3 is 8.98 Å². The zero-order valence-electron chi connectivity index (χ0n) is 32.9. The quantitative estimate of drug-likeness (QED) is 0.143. The summed E-state index contributed by atoms with van der Waals surface area (Å²) in [6, 6.07) is 73.3. The third-order valence-corrected chi connectivity index (χ3v) is 14.5. The third-order valence-electron chi connectivity index (χ3n) is 11.4. The fourth-order valence-electron chi connectivity index (χ4n) is 8.50. The molecule has 0 aliphatic heterocycles. The van der Waals surface area contributed by atoms with Crippen molar-refractivity contribution in [3.05, 3.63) is 218 Å². The van der Waals surface area contributed by atoms with E-state index in [0.29, 0.717) is 17.5 Å². The lowest BCUT2D eigenvalue weighted by molar-refractivity contribution is 0.592. The number of hydrogen-bond donors (Lipinski definition) is 0. The van der Waals surface area contributed by atoms with E-state index in [1.807, 2.05) is 152 Å². The summed E-state index contributed by atoms with van der Waals surface area (Å²) in [7, 11) is -3.24. The minimum absolute atomic E-state index is 0.599. The average Bonchev–Trinajstić information content (AvgIpc) is 3.73. The lowest BCUT2D eigenvalue weighted by Crippen LogP contribution is -2.25. The van der Waals surface area contributed by atoms with Gasteiger partial charge in [-0.05, 0) is 63.4 Å². The van der Waals surface area contributed by atoms with Crippen LogP contribution in [0.5, 0.6) is 0 Å². The Hall–Kier alpha value is -7.72. The first-order valence-electron chi connectivity index (χ1n) is 20.3. The Morgan fingerprint density at radius 3 is 1.43 bits per heavy atom. The Morgan fingerprint density at radius 1 is 0.328 bits per heavy atom. The number of fused-ring (bicyclic) bond motifs is 4. The van der Waals surface area contributed by atoms with Crippen LogP contribution in [-0.2, 0) is 4.57 Å². The van der Waals surface area contributed by atoms with Crippen molar-refractivity contribution in [3.63, 3.8) is 0 Å². The molecule has 0 saturated heterocycles. The summed E-state index contributed by atoms with van der Waals surface area (Å²) >= 11 is 0. The van der Waals surface area contributed by atoms with Crippen LogP contribution >= 0.6 is 7.14 Å². The Bertz CT molecular complexity index is 3340. The maximum absolute atomic E-state index is 15.6. The molecule has 11 rings (SSSR count). The van der Waals surface area contributed by atoms with Gasteiger partial charge >= 0.3 is 0 Å². The molecular formula is C55H36N3O2P. The molecule has 0 amide bonds. The molecule has 0 saturated carbocycles. The number of furan rings is 1. The molecular weight excluding hydrogens is 766 g/mol. The molecule has 0 unspecified atom stereocenters. The summed E-state index contributed by atoms with van der Waals surface area (Å²) < 4.78 is 22.2. The zero-order valence-corrected chi connectivity index (χ0v) is 33.8. The number of nitrogens with zero attached hydrogens (tertiary/aromatic N) is 3. The second-order valence-electron chi connectivity index (χ2n) is 15.1. The van der Waals surface area contributed by atoms with Crippen molar-refractivity contribution in [3.8, 4) is 56.4 Å². The molecule has 61 heavy (non-hydrogen) atoms. The molecule has 0 atom stereocenters. The van der Waals surface area contributed by atoms with E-state index < -0.39 is 7.14 Å². The predicted octanol–water partition coefficient (Wildman–Crippen LogP) is 12.9. The Balaban J connectivity index is 1.11. The van der Waals surface area contributed by atoms with Crippen LogP contribution in [0, 0.1) is 0 Å². The molecule has 0 aliphatic carbocycles. The monoisotopic (exact) mass is 801 g/mol. The van der Waals surface area contributed by atoms with Crippen molar-refractivity contribution in [1.82, 2.24) is 15.0 Å². The molecule has 6 heteroatoms. The van der Waals surface area contributed by atoms with Gasteiger partial charge in [-0.15, -0.1) is 0 Å². The standard InChI is InChI=1S/C55H36N3O2P/c59-61(41-23-9-3-10-24-41,42-25-11-4-12-26-42)43-27-17-22-39(34-43)49-35-40(36-51-52(49)48-30-15-16-31-50(48)60-51)44-32-33-47(46-29-14-13-28-45(44)46)55-57-53(37-18-5-1-6-19-37)56-54(58-55)38-20-7-2-8-21-38/h1-36H. The van der Waals surface area contributed by atoms with Crippen LogP contribution < -0.4 is 15.9 Å². The molecule has 0 radical (unpaired) electrons. The van der Waals surface area contributed by atoms with E-state index in [4.69, 9.17) is 19.4 Å². The highest BCUT2D eigenvalue weighted by molar-refractivity contribution is 7.85. The maximum atomic E-state index is 15.6. The van der Waals surface area contributed by atoms with Gasteiger partial charge in [0.05, 0.1) is 0 Å². The second kappa shape index (κ2) is 15.1. The van der Waals surface area contributed by atoms with Gasteiger partial charge in [0.15, 0.2) is 24.6 Å². The number of hydrogen-bond acceptors (Lipinski definition) is 5. The molecule has 0 spiro atoms. The average molecular weight is 802 g/mol. The SMILES string of the molecule is O=P(c1ccccc1)(c1ccccc1)c1cccc(-c2cc(-c3ccc(-c4nc(-c5ccccc5)nc(-c5ccccc5)n4)c4ccccc34)cc3oc4ccccc4c23)c1. The largest absolute Gasteiger partial charge is 0.456 e. The molecule has 0 aliphatic rings. The summed E-state index contributed by atoms with van der Waals surface area (Å²) in [5.74, 6) is 1.83. The van der Waals surface area contributed by atoms with E-state index in [2.05, 4.69) is 66.7 Å². The van der Waals surface area contributed by atoms with E-state index in [9.17, 15) is 0 Å². The van der Waals surface area contributed by atoms with Gasteiger partial charge in [-0.2, -0.15) is 0 Å². The topological polar surface area (TPSA) is 68.9 Å². The van der Waals surface area contributed by atoms with Crippen LogP contribution in [0.15, 0.2) is 223 Å². The Kier molecular flexibility index (Phi) is 9.03. The number of benzene rings is 9.